The van der Waals surface area contributed by atoms with E-state index in [1.165, 1.54) is 32.5 Å². The maximum Gasteiger partial charge on any atom is 0.273 e. The van der Waals surface area contributed by atoms with E-state index in [2.05, 4.69) is 26.4 Å². The third-order valence-corrected chi connectivity index (χ3v) is 9.01. The number of carbonyl (C=O) groups is 5. The summed E-state index contributed by atoms with van der Waals surface area (Å²) in [6.45, 7) is 0.832. The molecule has 0 aliphatic heterocycles. The molecule has 0 saturated heterocycles. The van der Waals surface area contributed by atoms with Crippen molar-refractivity contribution in [1.29, 1.82) is 5.41 Å². The van der Waals surface area contributed by atoms with Crippen LogP contribution in [0.3, 0.4) is 0 Å². The number of benzene rings is 1. The monoisotopic (exact) mass is 819 g/mol. The number of amides is 5. The average molecular weight is 821 g/mol. The number of anilines is 4. The Hall–Kier alpha value is -6.37. The van der Waals surface area contributed by atoms with Crippen LogP contribution in [0, 0.1) is 5.41 Å². The van der Waals surface area contributed by atoms with Gasteiger partial charge in [0, 0.05) is 96.2 Å². The minimum absolute atomic E-state index is 0.0556. The summed E-state index contributed by atoms with van der Waals surface area (Å²) in [6.07, 6.45) is 5.00. The summed E-state index contributed by atoms with van der Waals surface area (Å²) in [4.78, 5) is 66.4. The summed E-state index contributed by atoms with van der Waals surface area (Å²) in [5.74, 6) is -1.74. The zero-order valence-electron chi connectivity index (χ0n) is 31.7. The maximum atomic E-state index is 13.8. The molecule has 57 heavy (non-hydrogen) atoms. The maximum absolute atomic E-state index is 13.8. The minimum Gasteiger partial charge on any atom is -0.388 e. The SMILES string of the molecule is Cn1cc(NC(=O)c2cc(N(C(=O)c3ccccc3)N(CCCl)CCCl)cn2C)cc1C(=O)Nc1cc(C(=O)Nc2cc(C(=O)NCCC(=N)N)n(C)n2)n(C)c1. The number of aryl methyl sites for hydroxylation is 4. The molecule has 0 saturated carbocycles. The molecule has 0 aliphatic rings. The quantitative estimate of drug-likeness (QED) is 0.0351. The van der Waals surface area contributed by atoms with Crippen LogP contribution in [0.1, 0.15) is 58.7 Å². The number of hydrogen-bond acceptors (Lipinski definition) is 8. The van der Waals surface area contributed by atoms with Gasteiger partial charge in [-0.3, -0.25) is 34.1 Å². The lowest BCUT2D eigenvalue weighted by atomic mass is 10.2. The van der Waals surface area contributed by atoms with E-state index in [4.69, 9.17) is 34.3 Å². The molecule has 0 bridgehead atoms. The van der Waals surface area contributed by atoms with Crippen molar-refractivity contribution in [3.05, 3.63) is 102 Å². The number of aromatic nitrogens is 5. The van der Waals surface area contributed by atoms with E-state index in [0.717, 1.165) is 0 Å². The second-order valence-electron chi connectivity index (χ2n) is 12.9. The largest absolute Gasteiger partial charge is 0.388 e. The summed E-state index contributed by atoms with van der Waals surface area (Å²) in [5.41, 5.74) is 7.73. The van der Waals surface area contributed by atoms with Gasteiger partial charge in [-0.25, -0.2) is 10.0 Å². The van der Waals surface area contributed by atoms with E-state index in [1.54, 1.807) is 91.3 Å². The Kier molecular flexibility index (Phi) is 13.6. The first kappa shape index (κ1) is 41.8. The van der Waals surface area contributed by atoms with Crippen molar-refractivity contribution < 1.29 is 24.0 Å². The summed E-state index contributed by atoms with van der Waals surface area (Å²) in [7, 11) is 6.51. The molecular weight excluding hydrogens is 777 g/mol. The Morgan fingerprint density at radius 3 is 1.79 bits per heavy atom. The van der Waals surface area contributed by atoms with Crippen LogP contribution >= 0.6 is 23.2 Å². The lowest BCUT2D eigenvalue weighted by Gasteiger charge is -2.33. The van der Waals surface area contributed by atoms with Crippen LogP contribution < -0.4 is 32.0 Å². The summed E-state index contributed by atoms with van der Waals surface area (Å²) in [5, 5.41) is 25.6. The first-order valence-corrected chi connectivity index (χ1v) is 18.6. The molecule has 0 spiro atoms. The molecule has 300 valence electrons. The van der Waals surface area contributed by atoms with Gasteiger partial charge >= 0.3 is 0 Å². The van der Waals surface area contributed by atoms with Gasteiger partial charge in [-0.15, -0.1) is 23.2 Å². The van der Waals surface area contributed by atoms with E-state index >= 15 is 0 Å². The van der Waals surface area contributed by atoms with Crippen molar-refractivity contribution in [2.75, 3.05) is 52.4 Å². The highest BCUT2D eigenvalue weighted by Gasteiger charge is 2.27. The number of hydrogen-bond donors (Lipinski definition) is 6. The smallest absolute Gasteiger partial charge is 0.273 e. The molecule has 0 unspecified atom stereocenters. The third kappa shape index (κ3) is 10.1. The minimum atomic E-state index is -0.536. The molecule has 4 aromatic heterocycles. The predicted octanol–water partition coefficient (Wildman–Crippen LogP) is 3.59. The number of halogens is 2. The molecule has 0 radical (unpaired) electrons. The zero-order chi connectivity index (χ0) is 41.4. The number of rotatable bonds is 17. The van der Waals surface area contributed by atoms with Gasteiger partial charge in [-0.2, -0.15) is 5.10 Å². The molecular formula is C37H43Cl2N13O5. The van der Waals surface area contributed by atoms with Crippen LogP contribution in [-0.4, -0.2) is 95.3 Å². The standard InChI is InChI=1S/C37H43Cl2N13O5/c1-47-20-24(44-35(55)29-18-26(22-49(29)3)52(51(14-11-38)15-12-39)37(57)23-8-6-5-7-9-23)16-27(47)34(54)43-25-17-28(48(2)21-25)36(56)45-32-19-30(50(4)46-32)33(53)42-13-10-31(40)41/h5-9,16-22H,10-15H2,1-4H3,(H3,40,41)(H,42,53)(H,43,54)(H,44,55)(H,45,46,56). The van der Waals surface area contributed by atoms with Gasteiger partial charge in [0.1, 0.15) is 22.8 Å². The molecule has 0 atom stereocenters. The lowest BCUT2D eigenvalue weighted by molar-refractivity contribution is 0.0901. The van der Waals surface area contributed by atoms with Crippen molar-refractivity contribution in [3.8, 4) is 0 Å². The molecule has 4 heterocycles. The Balaban J connectivity index is 1.26. The fraction of sp³-hybridized carbons (Fsp3) is 0.270. The number of carbonyl (C=O) groups excluding carboxylic acids is 5. The third-order valence-electron chi connectivity index (χ3n) is 8.67. The van der Waals surface area contributed by atoms with Crippen molar-refractivity contribution in [2.45, 2.75) is 6.42 Å². The molecule has 7 N–H and O–H groups in total. The fourth-order valence-corrected chi connectivity index (χ4v) is 6.33. The van der Waals surface area contributed by atoms with Gasteiger partial charge in [0.2, 0.25) is 0 Å². The molecule has 0 fully saturated rings. The van der Waals surface area contributed by atoms with E-state index in [9.17, 15) is 24.0 Å². The first-order valence-electron chi connectivity index (χ1n) is 17.5. The Morgan fingerprint density at radius 1 is 0.719 bits per heavy atom. The highest BCUT2D eigenvalue weighted by atomic mass is 35.5. The van der Waals surface area contributed by atoms with Gasteiger partial charge in [-0.05, 0) is 30.3 Å². The van der Waals surface area contributed by atoms with Crippen molar-refractivity contribution in [1.82, 2.24) is 33.8 Å². The summed E-state index contributed by atoms with van der Waals surface area (Å²) < 4.78 is 5.97. The summed E-state index contributed by atoms with van der Waals surface area (Å²) in [6, 6.07) is 14.7. The van der Waals surface area contributed by atoms with Crippen LogP contribution in [0.15, 0.2) is 73.2 Å². The number of nitrogens with one attached hydrogen (secondary N) is 5. The van der Waals surface area contributed by atoms with E-state index in [-0.39, 0.29) is 65.1 Å². The molecule has 18 nitrogen and oxygen atoms in total. The molecule has 1 aromatic carbocycles. The van der Waals surface area contributed by atoms with Crippen LogP contribution in [0.4, 0.5) is 22.9 Å². The van der Waals surface area contributed by atoms with Gasteiger partial charge in [-0.1, -0.05) is 18.2 Å². The number of nitrogens with two attached hydrogens (primary N) is 1. The fourth-order valence-electron chi connectivity index (χ4n) is 5.94. The van der Waals surface area contributed by atoms with Crippen LogP contribution in [-0.2, 0) is 28.2 Å². The van der Waals surface area contributed by atoms with Crippen LogP contribution in [0.25, 0.3) is 0 Å². The summed E-state index contributed by atoms with van der Waals surface area (Å²) >= 11 is 12.2. The average Bonchev–Trinajstić information content (AvgIpc) is 3.93. The van der Waals surface area contributed by atoms with E-state index in [1.807, 2.05) is 6.07 Å². The number of nitrogens with zero attached hydrogens (tertiary/aromatic N) is 7. The van der Waals surface area contributed by atoms with Gasteiger partial charge < -0.3 is 40.7 Å². The number of hydrazine groups is 1. The zero-order valence-corrected chi connectivity index (χ0v) is 33.2. The van der Waals surface area contributed by atoms with Crippen LogP contribution in [0.2, 0.25) is 0 Å². The second kappa shape index (κ2) is 18.5. The van der Waals surface area contributed by atoms with Gasteiger partial charge in [0.25, 0.3) is 29.5 Å². The number of amidine groups is 1. The highest BCUT2D eigenvalue weighted by Crippen LogP contribution is 2.25. The topological polar surface area (TPSA) is 222 Å². The second-order valence-corrected chi connectivity index (χ2v) is 13.6. The Morgan fingerprint density at radius 2 is 1.25 bits per heavy atom. The molecule has 20 heteroatoms. The van der Waals surface area contributed by atoms with E-state index < -0.39 is 23.6 Å². The first-order chi connectivity index (χ1) is 27.2. The van der Waals surface area contributed by atoms with Crippen molar-refractivity contribution in [3.63, 3.8) is 0 Å². The molecule has 5 rings (SSSR count). The van der Waals surface area contributed by atoms with Crippen LogP contribution in [0.5, 0.6) is 0 Å². The lowest BCUT2D eigenvalue weighted by Crippen LogP contribution is -2.48. The Bertz CT molecular complexity index is 2290. The van der Waals surface area contributed by atoms with Crippen molar-refractivity contribution >= 4 is 81.5 Å². The Labute approximate surface area is 337 Å². The predicted molar refractivity (Wildman–Crippen MR) is 218 cm³/mol. The normalized spacial score (nSPS) is 11.0. The molecule has 5 amide bonds. The molecule has 5 aromatic rings. The van der Waals surface area contributed by atoms with Gasteiger partial charge in [0.15, 0.2) is 5.82 Å². The molecule has 0 aliphatic carbocycles. The van der Waals surface area contributed by atoms with Gasteiger partial charge in [0.05, 0.1) is 22.9 Å². The highest BCUT2D eigenvalue weighted by molar-refractivity contribution is 6.18. The van der Waals surface area contributed by atoms with E-state index in [0.29, 0.717) is 35.7 Å². The number of alkyl halides is 2. The van der Waals surface area contributed by atoms with Crippen molar-refractivity contribution in [2.24, 2.45) is 33.9 Å².